The number of hydrogen-bond donors (Lipinski definition) is 1. The second kappa shape index (κ2) is 5.12. The van der Waals surface area contributed by atoms with E-state index in [2.05, 4.69) is 21.9 Å². The Kier molecular flexibility index (Phi) is 3.56. The summed E-state index contributed by atoms with van der Waals surface area (Å²) in [6, 6.07) is 1.06. The minimum absolute atomic E-state index is 0.412. The van der Waals surface area contributed by atoms with Crippen molar-refractivity contribution in [1.29, 1.82) is 0 Å². The van der Waals surface area contributed by atoms with Crippen molar-refractivity contribution in [3.63, 3.8) is 0 Å². The molecule has 1 aliphatic heterocycles. The summed E-state index contributed by atoms with van der Waals surface area (Å²) in [7, 11) is 2.16. The van der Waals surface area contributed by atoms with Crippen LogP contribution in [0, 0.1) is 0 Å². The highest BCUT2D eigenvalue weighted by Crippen LogP contribution is 2.17. The molecule has 0 spiro atoms. The number of nitrogens with zero attached hydrogens (tertiary/aromatic N) is 3. The first-order valence-corrected chi connectivity index (χ1v) is 5.66. The van der Waals surface area contributed by atoms with Crippen LogP contribution in [0.1, 0.15) is 19.3 Å². The van der Waals surface area contributed by atoms with Crippen molar-refractivity contribution in [3.8, 4) is 6.01 Å². The van der Waals surface area contributed by atoms with Gasteiger partial charge in [0.2, 0.25) is 0 Å². The number of ether oxygens (including phenoxy) is 1. The summed E-state index contributed by atoms with van der Waals surface area (Å²) >= 11 is 0. The molecular weight excluding hydrogens is 204 g/mol. The molecule has 1 aliphatic rings. The highest BCUT2D eigenvalue weighted by molar-refractivity contribution is 5.30. The fraction of sp³-hybridized carbons (Fsp3) is 0.636. The van der Waals surface area contributed by atoms with Crippen LogP contribution in [0.4, 0.5) is 5.69 Å². The highest BCUT2D eigenvalue weighted by atomic mass is 16.5. The van der Waals surface area contributed by atoms with Gasteiger partial charge >= 0.3 is 6.01 Å². The van der Waals surface area contributed by atoms with E-state index in [0.29, 0.717) is 24.3 Å². The monoisotopic (exact) mass is 222 g/mol. The Labute approximate surface area is 95.6 Å². The molecule has 5 heteroatoms. The largest absolute Gasteiger partial charge is 0.463 e. The predicted molar refractivity (Wildman–Crippen MR) is 62.2 cm³/mol. The minimum Gasteiger partial charge on any atom is -0.463 e. The van der Waals surface area contributed by atoms with Gasteiger partial charge in [0, 0.05) is 6.04 Å². The van der Waals surface area contributed by atoms with Gasteiger partial charge in [0.05, 0.1) is 24.7 Å². The smallest absolute Gasteiger partial charge is 0.316 e. The summed E-state index contributed by atoms with van der Waals surface area (Å²) < 4.78 is 5.47. The fourth-order valence-corrected chi connectivity index (χ4v) is 2.03. The molecule has 0 aromatic carbocycles. The summed E-state index contributed by atoms with van der Waals surface area (Å²) in [5, 5.41) is 0. The van der Waals surface area contributed by atoms with Crippen molar-refractivity contribution < 1.29 is 4.74 Å². The zero-order valence-corrected chi connectivity index (χ0v) is 9.59. The first-order chi connectivity index (χ1) is 7.75. The third-order valence-electron chi connectivity index (χ3n) is 3.00. The molecule has 1 aromatic rings. The van der Waals surface area contributed by atoms with Crippen LogP contribution in [0.3, 0.4) is 0 Å². The van der Waals surface area contributed by atoms with Crippen LogP contribution < -0.4 is 10.5 Å². The highest BCUT2D eigenvalue weighted by Gasteiger charge is 2.20. The van der Waals surface area contributed by atoms with E-state index in [0.717, 1.165) is 6.42 Å². The average molecular weight is 222 g/mol. The summed E-state index contributed by atoms with van der Waals surface area (Å²) in [5.41, 5.74) is 6.04. The maximum absolute atomic E-state index is 5.49. The van der Waals surface area contributed by atoms with Crippen LogP contribution in [-0.2, 0) is 0 Å². The Morgan fingerprint density at radius 1 is 1.50 bits per heavy atom. The van der Waals surface area contributed by atoms with Crippen LogP contribution in [0.5, 0.6) is 6.01 Å². The van der Waals surface area contributed by atoms with Crippen molar-refractivity contribution in [2.24, 2.45) is 0 Å². The van der Waals surface area contributed by atoms with Gasteiger partial charge in [0.25, 0.3) is 0 Å². The molecule has 0 saturated carbocycles. The lowest BCUT2D eigenvalue weighted by Crippen LogP contribution is -2.26. The van der Waals surface area contributed by atoms with Gasteiger partial charge in [-0.3, -0.25) is 0 Å². The molecule has 0 amide bonds. The zero-order chi connectivity index (χ0) is 11.4. The van der Waals surface area contributed by atoms with Crippen LogP contribution in [0.15, 0.2) is 12.4 Å². The van der Waals surface area contributed by atoms with E-state index in [9.17, 15) is 0 Å². The second-order valence-corrected chi connectivity index (χ2v) is 4.21. The number of rotatable bonds is 4. The van der Waals surface area contributed by atoms with Gasteiger partial charge in [0.1, 0.15) is 0 Å². The molecular formula is C11H18N4O. The molecule has 16 heavy (non-hydrogen) atoms. The Bertz CT molecular complexity index is 327. The van der Waals surface area contributed by atoms with Gasteiger partial charge < -0.3 is 15.4 Å². The Morgan fingerprint density at radius 2 is 2.25 bits per heavy atom. The summed E-state index contributed by atoms with van der Waals surface area (Å²) in [6.45, 7) is 1.86. The van der Waals surface area contributed by atoms with Crippen LogP contribution >= 0.6 is 0 Å². The first-order valence-electron chi connectivity index (χ1n) is 5.66. The quantitative estimate of drug-likeness (QED) is 0.820. The molecule has 1 fully saturated rings. The molecule has 1 unspecified atom stereocenters. The summed E-state index contributed by atoms with van der Waals surface area (Å²) in [6.07, 6.45) is 6.71. The van der Waals surface area contributed by atoms with Gasteiger partial charge in [-0.1, -0.05) is 0 Å². The van der Waals surface area contributed by atoms with Gasteiger partial charge in [0.15, 0.2) is 0 Å². The van der Waals surface area contributed by atoms with Crippen molar-refractivity contribution in [1.82, 2.24) is 14.9 Å². The minimum atomic E-state index is 0.412. The van der Waals surface area contributed by atoms with Gasteiger partial charge in [-0.25, -0.2) is 9.97 Å². The Balaban J connectivity index is 1.73. The van der Waals surface area contributed by atoms with E-state index in [1.54, 1.807) is 12.4 Å². The van der Waals surface area contributed by atoms with E-state index >= 15 is 0 Å². The lowest BCUT2D eigenvalue weighted by atomic mass is 10.2. The molecule has 1 saturated heterocycles. The predicted octanol–water partition coefficient (Wildman–Crippen LogP) is 0.922. The van der Waals surface area contributed by atoms with Crippen molar-refractivity contribution in [3.05, 3.63) is 12.4 Å². The Hall–Kier alpha value is -1.36. The van der Waals surface area contributed by atoms with Crippen molar-refractivity contribution in [2.75, 3.05) is 25.9 Å². The molecule has 2 rings (SSSR count). The third kappa shape index (κ3) is 2.82. The molecule has 0 bridgehead atoms. The standard InChI is InChI=1S/C11H18N4O/c1-15-5-2-3-10(15)4-6-16-11-13-7-9(12)8-14-11/h7-8,10H,2-6,12H2,1H3. The van der Waals surface area contributed by atoms with Gasteiger partial charge in [-0.2, -0.15) is 0 Å². The van der Waals surface area contributed by atoms with Crippen LogP contribution in [-0.4, -0.2) is 41.1 Å². The number of nitrogen functional groups attached to an aromatic ring is 1. The van der Waals surface area contributed by atoms with Crippen LogP contribution in [0.2, 0.25) is 0 Å². The molecule has 2 N–H and O–H groups in total. The molecule has 88 valence electrons. The van der Waals surface area contributed by atoms with E-state index in [1.807, 2.05) is 0 Å². The number of anilines is 1. The van der Waals surface area contributed by atoms with E-state index in [-0.39, 0.29) is 0 Å². The zero-order valence-electron chi connectivity index (χ0n) is 9.59. The van der Waals surface area contributed by atoms with E-state index < -0.39 is 0 Å². The van der Waals surface area contributed by atoms with E-state index in [4.69, 9.17) is 10.5 Å². The van der Waals surface area contributed by atoms with Crippen LogP contribution in [0.25, 0.3) is 0 Å². The van der Waals surface area contributed by atoms with E-state index in [1.165, 1.54) is 19.4 Å². The van der Waals surface area contributed by atoms with Gasteiger partial charge in [-0.05, 0) is 32.9 Å². The summed E-state index contributed by atoms with van der Waals surface area (Å²) in [5.74, 6) is 0. The number of aromatic nitrogens is 2. The van der Waals surface area contributed by atoms with Gasteiger partial charge in [-0.15, -0.1) is 0 Å². The molecule has 2 heterocycles. The van der Waals surface area contributed by atoms with Crippen molar-refractivity contribution in [2.45, 2.75) is 25.3 Å². The normalized spacial score (nSPS) is 21.2. The fourth-order valence-electron chi connectivity index (χ4n) is 2.03. The molecule has 1 atom stereocenters. The third-order valence-corrected chi connectivity index (χ3v) is 3.00. The topological polar surface area (TPSA) is 64.3 Å². The number of hydrogen-bond acceptors (Lipinski definition) is 5. The molecule has 0 aliphatic carbocycles. The molecule has 5 nitrogen and oxygen atoms in total. The number of likely N-dealkylation sites (tertiary alicyclic amines) is 1. The lowest BCUT2D eigenvalue weighted by Gasteiger charge is -2.18. The number of nitrogens with two attached hydrogens (primary N) is 1. The second-order valence-electron chi connectivity index (χ2n) is 4.21. The SMILES string of the molecule is CN1CCCC1CCOc1ncc(N)cn1. The first kappa shape index (κ1) is 11.1. The summed E-state index contributed by atoms with van der Waals surface area (Å²) in [4.78, 5) is 10.4. The maximum Gasteiger partial charge on any atom is 0.316 e. The lowest BCUT2D eigenvalue weighted by molar-refractivity contribution is 0.223. The molecule has 0 radical (unpaired) electrons. The Morgan fingerprint density at radius 3 is 2.88 bits per heavy atom. The maximum atomic E-state index is 5.49. The molecule has 1 aromatic heterocycles. The average Bonchev–Trinajstić information content (AvgIpc) is 2.68. The van der Waals surface area contributed by atoms with Crippen molar-refractivity contribution >= 4 is 5.69 Å².